The molecule has 0 bridgehead atoms. The summed E-state index contributed by atoms with van der Waals surface area (Å²) < 4.78 is 10.9. The van der Waals surface area contributed by atoms with Gasteiger partial charge in [-0.05, 0) is 30.7 Å². The maximum atomic E-state index is 13.0. The molecule has 1 aliphatic rings. The molecule has 0 unspecified atom stereocenters. The Balaban J connectivity index is 1.98. The molecule has 6 nitrogen and oxygen atoms in total. The van der Waals surface area contributed by atoms with Crippen LogP contribution in [0.5, 0.6) is 11.5 Å². The lowest BCUT2D eigenvalue weighted by Gasteiger charge is -2.29. The first-order valence-electron chi connectivity index (χ1n) is 8.26. The molecule has 0 saturated carbocycles. The van der Waals surface area contributed by atoms with Gasteiger partial charge in [0.25, 0.3) is 5.91 Å². The average molecular weight is 375 g/mol. The molecule has 7 heteroatoms. The Morgan fingerprint density at radius 3 is 2.81 bits per heavy atom. The number of fused-ring (bicyclic) bond motifs is 1. The number of carbonyl (C=O) groups is 2. The Morgan fingerprint density at radius 1 is 1.31 bits per heavy atom. The van der Waals surface area contributed by atoms with Crippen LogP contribution in [-0.4, -0.2) is 32.1 Å². The van der Waals surface area contributed by atoms with Gasteiger partial charge in [-0.2, -0.15) is 0 Å². The van der Waals surface area contributed by atoms with Crippen molar-refractivity contribution in [2.24, 2.45) is 0 Å². The minimum absolute atomic E-state index is 0.0656. The summed E-state index contributed by atoms with van der Waals surface area (Å²) in [5.41, 5.74) is 1.55. The van der Waals surface area contributed by atoms with Crippen LogP contribution in [0.2, 0.25) is 5.02 Å². The van der Waals surface area contributed by atoms with Crippen molar-refractivity contribution in [3.05, 3.63) is 47.0 Å². The van der Waals surface area contributed by atoms with Crippen LogP contribution in [0.25, 0.3) is 0 Å². The molecule has 26 heavy (non-hydrogen) atoms. The number of benzene rings is 2. The van der Waals surface area contributed by atoms with Crippen molar-refractivity contribution < 1.29 is 19.1 Å². The number of nitrogens with one attached hydrogen (secondary N) is 1. The van der Waals surface area contributed by atoms with E-state index in [4.69, 9.17) is 21.1 Å². The van der Waals surface area contributed by atoms with Crippen LogP contribution >= 0.6 is 11.6 Å². The van der Waals surface area contributed by atoms with Crippen LogP contribution in [0.3, 0.4) is 0 Å². The summed E-state index contributed by atoms with van der Waals surface area (Å²) in [6.45, 7) is 2.41. The van der Waals surface area contributed by atoms with Crippen LogP contribution in [-0.2, 0) is 4.79 Å². The smallest absolute Gasteiger partial charge is 0.259 e. The van der Waals surface area contributed by atoms with Crippen molar-refractivity contribution in [2.75, 3.05) is 30.5 Å². The highest BCUT2D eigenvalue weighted by Crippen LogP contribution is 2.38. The van der Waals surface area contributed by atoms with Crippen molar-refractivity contribution in [1.82, 2.24) is 0 Å². The van der Waals surface area contributed by atoms with E-state index in [1.165, 1.54) is 18.1 Å². The maximum absolute atomic E-state index is 13.0. The van der Waals surface area contributed by atoms with E-state index >= 15 is 0 Å². The van der Waals surface area contributed by atoms with Crippen LogP contribution in [0.1, 0.15) is 23.7 Å². The van der Waals surface area contributed by atoms with Crippen molar-refractivity contribution >= 4 is 34.8 Å². The molecule has 0 radical (unpaired) electrons. The van der Waals surface area contributed by atoms with Crippen molar-refractivity contribution in [3.63, 3.8) is 0 Å². The van der Waals surface area contributed by atoms with Gasteiger partial charge in [-0.15, -0.1) is 0 Å². The fourth-order valence-corrected chi connectivity index (χ4v) is 3.02. The second-order valence-corrected chi connectivity index (χ2v) is 6.20. The number of methoxy groups -OCH3 is 1. The van der Waals surface area contributed by atoms with E-state index in [-0.39, 0.29) is 23.4 Å². The van der Waals surface area contributed by atoms with Gasteiger partial charge < -0.3 is 14.8 Å². The predicted octanol–water partition coefficient (Wildman–Crippen LogP) is 3.74. The molecule has 136 valence electrons. The number of carbonyl (C=O) groups excluding carboxylic acids is 2. The molecule has 1 aliphatic heterocycles. The second-order valence-electron chi connectivity index (χ2n) is 5.79. The van der Waals surface area contributed by atoms with E-state index in [2.05, 4.69) is 5.32 Å². The first-order valence-corrected chi connectivity index (χ1v) is 8.64. The highest BCUT2D eigenvalue weighted by Gasteiger charge is 2.28. The predicted molar refractivity (Wildman–Crippen MR) is 101 cm³/mol. The Labute approximate surface area is 156 Å². The molecule has 1 N–H and O–H groups in total. The number of nitrogens with zero attached hydrogens (tertiary/aromatic N) is 1. The van der Waals surface area contributed by atoms with Gasteiger partial charge in [0.05, 0.1) is 30.1 Å². The number of ether oxygens (including phenoxy) is 2. The summed E-state index contributed by atoms with van der Waals surface area (Å²) in [7, 11) is 1.49. The molecule has 0 saturated heterocycles. The molecule has 2 aromatic rings. The van der Waals surface area contributed by atoms with E-state index in [0.29, 0.717) is 35.0 Å². The molecule has 2 aromatic carbocycles. The zero-order valence-corrected chi connectivity index (χ0v) is 15.3. The summed E-state index contributed by atoms with van der Waals surface area (Å²) in [6.07, 6.45) is 0.819. The number of anilines is 2. The van der Waals surface area contributed by atoms with Gasteiger partial charge >= 0.3 is 0 Å². The summed E-state index contributed by atoms with van der Waals surface area (Å²) in [5, 5.41) is 3.05. The van der Waals surface area contributed by atoms with E-state index in [1.807, 2.05) is 13.0 Å². The molecular formula is C19H19ClN2O4. The molecular weight excluding hydrogens is 356 g/mol. The van der Waals surface area contributed by atoms with Crippen molar-refractivity contribution in [3.8, 4) is 11.5 Å². The van der Waals surface area contributed by atoms with Crippen LogP contribution in [0.15, 0.2) is 36.4 Å². The monoisotopic (exact) mass is 374 g/mol. The minimum Gasteiger partial charge on any atom is -0.493 e. The fourth-order valence-electron chi connectivity index (χ4n) is 2.76. The molecule has 0 spiro atoms. The summed E-state index contributed by atoms with van der Waals surface area (Å²) in [4.78, 5) is 26.4. The number of hydrogen-bond donors (Lipinski definition) is 1. The number of amides is 2. The van der Waals surface area contributed by atoms with Gasteiger partial charge in [-0.3, -0.25) is 14.5 Å². The lowest BCUT2D eigenvalue weighted by Crippen LogP contribution is -2.42. The number of halogens is 1. The third-order valence-electron chi connectivity index (χ3n) is 3.94. The summed E-state index contributed by atoms with van der Waals surface area (Å²) >= 11 is 6.31. The molecule has 0 fully saturated rings. The van der Waals surface area contributed by atoms with Crippen LogP contribution in [0.4, 0.5) is 11.4 Å². The molecule has 0 atom stereocenters. The second kappa shape index (κ2) is 7.66. The van der Waals surface area contributed by atoms with Crippen molar-refractivity contribution in [2.45, 2.75) is 13.3 Å². The Kier molecular flexibility index (Phi) is 5.32. The van der Waals surface area contributed by atoms with E-state index in [1.54, 1.807) is 24.3 Å². The number of rotatable bonds is 5. The molecule has 0 aromatic heterocycles. The minimum atomic E-state index is -0.338. The lowest BCUT2D eigenvalue weighted by atomic mass is 10.1. The largest absolute Gasteiger partial charge is 0.493 e. The van der Waals surface area contributed by atoms with Gasteiger partial charge in [-0.25, -0.2) is 0 Å². The van der Waals surface area contributed by atoms with E-state index in [0.717, 1.165) is 6.42 Å². The normalized spacial score (nSPS) is 13.0. The van der Waals surface area contributed by atoms with Gasteiger partial charge in [0, 0.05) is 5.56 Å². The fraction of sp³-hybridized carbons (Fsp3) is 0.263. The topological polar surface area (TPSA) is 67.9 Å². The highest BCUT2D eigenvalue weighted by atomic mass is 35.5. The van der Waals surface area contributed by atoms with Gasteiger partial charge in [0.2, 0.25) is 5.91 Å². The van der Waals surface area contributed by atoms with E-state index in [9.17, 15) is 9.59 Å². The molecule has 1 heterocycles. The standard InChI is InChI=1S/C19H19ClN2O4/c1-3-8-26-18-13(20)9-12(10-16(18)25-2)19(24)22-11-17(23)21-14-6-4-5-7-15(14)22/h4-7,9-10H,3,8,11H2,1-2H3,(H,21,23). The zero-order chi connectivity index (χ0) is 18.7. The van der Waals surface area contributed by atoms with Crippen molar-refractivity contribution in [1.29, 1.82) is 0 Å². The number of hydrogen-bond acceptors (Lipinski definition) is 4. The number of para-hydroxylation sites is 2. The lowest BCUT2D eigenvalue weighted by molar-refractivity contribution is -0.115. The third-order valence-corrected chi connectivity index (χ3v) is 4.22. The Hall–Kier alpha value is -2.73. The van der Waals surface area contributed by atoms with Gasteiger partial charge in [0.1, 0.15) is 6.54 Å². The summed E-state index contributed by atoms with van der Waals surface area (Å²) in [6, 6.07) is 10.3. The quantitative estimate of drug-likeness (QED) is 0.865. The summed E-state index contributed by atoms with van der Waals surface area (Å²) in [5.74, 6) is 0.195. The first-order chi connectivity index (χ1) is 12.5. The van der Waals surface area contributed by atoms with Gasteiger partial charge in [-0.1, -0.05) is 30.7 Å². The van der Waals surface area contributed by atoms with Gasteiger partial charge in [0.15, 0.2) is 11.5 Å². The van der Waals surface area contributed by atoms with Crippen LogP contribution < -0.4 is 19.7 Å². The zero-order valence-electron chi connectivity index (χ0n) is 14.5. The maximum Gasteiger partial charge on any atom is 0.259 e. The highest BCUT2D eigenvalue weighted by molar-refractivity contribution is 6.33. The van der Waals surface area contributed by atoms with E-state index < -0.39 is 0 Å². The Bertz CT molecular complexity index is 853. The Morgan fingerprint density at radius 2 is 2.08 bits per heavy atom. The average Bonchev–Trinajstić information content (AvgIpc) is 2.65. The molecule has 0 aliphatic carbocycles. The third kappa shape index (κ3) is 3.46. The first kappa shape index (κ1) is 18.1. The molecule has 2 amide bonds. The van der Waals surface area contributed by atoms with Crippen LogP contribution in [0, 0.1) is 0 Å². The molecule has 3 rings (SSSR count). The SMILES string of the molecule is CCCOc1c(Cl)cc(C(=O)N2CC(=O)Nc3ccccc32)cc1OC.